The molecular weight excluding hydrogens is 319 g/mol. The number of carbonyl (C=O) groups excluding carboxylic acids is 1. The predicted octanol–water partition coefficient (Wildman–Crippen LogP) is 3.48. The van der Waals surface area contributed by atoms with Crippen LogP contribution in [0.1, 0.15) is 31.9 Å². The van der Waals surface area contributed by atoms with Crippen molar-refractivity contribution in [2.45, 2.75) is 30.6 Å². The first-order valence-corrected chi connectivity index (χ1v) is 8.57. The lowest BCUT2D eigenvalue weighted by molar-refractivity contribution is -0.138. The summed E-state index contributed by atoms with van der Waals surface area (Å²) < 4.78 is -0.876. The molecule has 1 amide bonds. The summed E-state index contributed by atoms with van der Waals surface area (Å²) in [5.74, 6) is 0.101. The predicted molar refractivity (Wildman–Crippen MR) is 90.2 cm³/mol. The van der Waals surface area contributed by atoms with Gasteiger partial charge in [0.05, 0.1) is 5.41 Å². The average molecular weight is 341 g/mol. The Morgan fingerprint density at radius 3 is 2.18 bits per heavy atom. The van der Waals surface area contributed by atoms with Crippen molar-refractivity contribution in [2.24, 2.45) is 5.41 Å². The van der Waals surface area contributed by atoms with Gasteiger partial charge in [0.2, 0.25) is 5.91 Å². The lowest BCUT2D eigenvalue weighted by Gasteiger charge is -2.39. The van der Waals surface area contributed by atoms with Gasteiger partial charge in [0.1, 0.15) is 4.33 Å². The molecule has 0 spiro atoms. The molecule has 1 aromatic carbocycles. The van der Waals surface area contributed by atoms with Crippen LogP contribution in [0.2, 0.25) is 0 Å². The van der Waals surface area contributed by atoms with Crippen molar-refractivity contribution in [3.05, 3.63) is 35.9 Å². The number of hydrogen-bond donors (Lipinski definition) is 0. The fraction of sp³-hybridized carbons (Fsp3) is 0.588. The van der Waals surface area contributed by atoms with E-state index in [1.54, 1.807) is 0 Å². The van der Waals surface area contributed by atoms with E-state index in [1.807, 2.05) is 17.9 Å². The van der Waals surface area contributed by atoms with Crippen molar-refractivity contribution in [1.29, 1.82) is 0 Å². The van der Waals surface area contributed by atoms with Crippen LogP contribution in [-0.2, 0) is 4.79 Å². The second-order valence-corrected chi connectivity index (χ2v) is 8.11. The maximum Gasteiger partial charge on any atom is 0.231 e. The molecule has 0 aromatic heterocycles. The molecule has 22 heavy (non-hydrogen) atoms. The lowest BCUT2D eigenvalue weighted by atomic mass is 10.0. The number of piperazine rings is 1. The van der Waals surface area contributed by atoms with E-state index in [9.17, 15) is 4.79 Å². The maximum absolute atomic E-state index is 12.6. The number of rotatable bonds is 3. The third-order valence-electron chi connectivity index (χ3n) is 5.16. The number of hydrogen-bond acceptors (Lipinski definition) is 2. The lowest BCUT2D eigenvalue weighted by Crippen LogP contribution is -2.51. The van der Waals surface area contributed by atoms with Crippen LogP contribution in [0.4, 0.5) is 0 Å². The van der Waals surface area contributed by atoms with Crippen LogP contribution in [0, 0.1) is 5.41 Å². The first-order chi connectivity index (χ1) is 10.3. The Morgan fingerprint density at radius 2 is 1.68 bits per heavy atom. The SMILES string of the molecule is CC(c1ccccc1)N1CCN(C(=O)C2(C)CC2(Cl)Cl)CC1. The zero-order valence-corrected chi connectivity index (χ0v) is 14.6. The molecule has 1 saturated carbocycles. The number of nitrogens with zero attached hydrogens (tertiary/aromatic N) is 2. The largest absolute Gasteiger partial charge is 0.340 e. The Morgan fingerprint density at radius 1 is 1.14 bits per heavy atom. The Labute approximate surface area is 142 Å². The first kappa shape index (κ1) is 16.1. The van der Waals surface area contributed by atoms with Crippen LogP contribution in [0.25, 0.3) is 0 Å². The van der Waals surface area contributed by atoms with Crippen molar-refractivity contribution >= 4 is 29.1 Å². The van der Waals surface area contributed by atoms with Crippen LogP contribution < -0.4 is 0 Å². The summed E-state index contributed by atoms with van der Waals surface area (Å²) in [5.41, 5.74) is 0.723. The molecule has 120 valence electrons. The molecule has 0 N–H and O–H groups in total. The standard InChI is InChI=1S/C17H22Cl2N2O/c1-13(14-6-4-3-5-7-14)20-8-10-21(11-9-20)15(22)16(2)12-17(16,18)19/h3-7,13H,8-12H2,1-2H3. The summed E-state index contributed by atoms with van der Waals surface area (Å²) in [4.78, 5) is 16.9. The molecule has 2 unspecified atom stereocenters. The fourth-order valence-electron chi connectivity index (χ4n) is 3.24. The Kier molecular flexibility index (Phi) is 4.17. The normalized spacial score (nSPS) is 29.2. The number of amides is 1. The van der Waals surface area contributed by atoms with E-state index in [-0.39, 0.29) is 5.91 Å². The molecule has 3 nitrogen and oxygen atoms in total. The third kappa shape index (κ3) is 2.75. The molecule has 1 heterocycles. The summed E-state index contributed by atoms with van der Waals surface area (Å²) in [6, 6.07) is 10.9. The first-order valence-electron chi connectivity index (χ1n) is 7.81. The van der Waals surface area contributed by atoms with Gasteiger partial charge in [0.15, 0.2) is 0 Å². The van der Waals surface area contributed by atoms with Gasteiger partial charge in [0, 0.05) is 32.2 Å². The van der Waals surface area contributed by atoms with Gasteiger partial charge in [-0.2, -0.15) is 0 Å². The zero-order chi connectivity index (χ0) is 16.0. The minimum Gasteiger partial charge on any atom is -0.340 e. The molecule has 3 rings (SSSR count). The van der Waals surface area contributed by atoms with E-state index in [2.05, 4.69) is 36.1 Å². The van der Waals surface area contributed by atoms with E-state index in [0.717, 1.165) is 26.2 Å². The summed E-state index contributed by atoms with van der Waals surface area (Å²) in [6.45, 7) is 7.35. The minimum atomic E-state index is -0.876. The highest BCUT2D eigenvalue weighted by atomic mass is 35.5. The van der Waals surface area contributed by atoms with Crippen molar-refractivity contribution < 1.29 is 4.79 Å². The van der Waals surface area contributed by atoms with E-state index in [0.29, 0.717) is 12.5 Å². The molecule has 1 aliphatic heterocycles. The van der Waals surface area contributed by atoms with Gasteiger partial charge in [-0.05, 0) is 25.8 Å². The highest BCUT2D eigenvalue weighted by Gasteiger charge is 2.68. The fourth-order valence-corrected chi connectivity index (χ4v) is 3.93. The molecule has 0 bridgehead atoms. The summed E-state index contributed by atoms with van der Waals surface area (Å²) in [7, 11) is 0. The molecular formula is C17H22Cl2N2O. The Balaban J connectivity index is 1.58. The Hall–Kier alpha value is -0.770. The van der Waals surface area contributed by atoms with E-state index in [4.69, 9.17) is 23.2 Å². The van der Waals surface area contributed by atoms with Gasteiger partial charge >= 0.3 is 0 Å². The quantitative estimate of drug-likeness (QED) is 0.786. The van der Waals surface area contributed by atoms with Gasteiger partial charge in [-0.1, -0.05) is 30.3 Å². The van der Waals surface area contributed by atoms with Crippen molar-refractivity contribution in [3.63, 3.8) is 0 Å². The average Bonchev–Trinajstić information content (AvgIpc) is 3.06. The van der Waals surface area contributed by atoms with Gasteiger partial charge in [-0.15, -0.1) is 23.2 Å². The van der Waals surface area contributed by atoms with Crippen LogP contribution in [0.3, 0.4) is 0 Å². The molecule has 2 fully saturated rings. The second kappa shape index (κ2) is 5.70. The monoisotopic (exact) mass is 340 g/mol. The molecule has 1 aromatic rings. The van der Waals surface area contributed by atoms with Crippen LogP contribution in [0.15, 0.2) is 30.3 Å². The van der Waals surface area contributed by atoms with Crippen LogP contribution in [-0.4, -0.2) is 46.2 Å². The van der Waals surface area contributed by atoms with Crippen molar-refractivity contribution in [2.75, 3.05) is 26.2 Å². The zero-order valence-electron chi connectivity index (χ0n) is 13.1. The number of alkyl halides is 2. The van der Waals surface area contributed by atoms with Gasteiger partial charge in [0.25, 0.3) is 0 Å². The molecule has 0 radical (unpaired) electrons. The minimum absolute atomic E-state index is 0.101. The number of benzene rings is 1. The van der Waals surface area contributed by atoms with Crippen LogP contribution in [0.5, 0.6) is 0 Å². The summed E-state index contributed by atoms with van der Waals surface area (Å²) in [6.07, 6.45) is 0.558. The molecule has 2 atom stereocenters. The number of halogens is 2. The molecule has 2 aliphatic rings. The van der Waals surface area contributed by atoms with E-state index >= 15 is 0 Å². The third-order valence-corrected chi connectivity index (χ3v) is 6.26. The highest BCUT2D eigenvalue weighted by molar-refractivity contribution is 6.53. The number of carbonyl (C=O) groups is 1. The highest BCUT2D eigenvalue weighted by Crippen LogP contribution is 2.64. The summed E-state index contributed by atoms with van der Waals surface area (Å²) >= 11 is 12.3. The molecule has 1 aliphatic carbocycles. The maximum atomic E-state index is 12.6. The van der Waals surface area contributed by atoms with Crippen molar-refractivity contribution in [1.82, 2.24) is 9.80 Å². The second-order valence-electron chi connectivity index (χ2n) is 6.63. The van der Waals surface area contributed by atoms with Gasteiger partial charge in [-0.25, -0.2) is 0 Å². The van der Waals surface area contributed by atoms with Gasteiger partial charge < -0.3 is 4.90 Å². The van der Waals surface area contributed by atoms with E-state index in [1.165, 1.54) is 5.56 Å². The van der Waals surface area contributed by atoms with Gasteiger partial charge in [-0.3, -0.25) is 9.69 Å². The smallest absolute Gasteiger partial charge is 0.231 e. The van der Waals surface area contributed by atoms with Crippen LogP contribution >= 0.6 is 23.2 Å². The molecule has 1 saturated heterocycles. The van der Waals surface area contributed by atoms with E-state index < -0.39 is 9.75 Å². The van der Waals surface area contributed by atoms with Crippen molar-refractivity contribution in [3.8, 4) is 0 Å². The topological polar surface area (TPSA) is 23.6 Å². The Bertz CT molecular complexity index is 555. The molecule has 5 heteroatoms. The summed E-state index contributed by atoms with van der Waals surface area (Å²) in [5, 5.41) is 0.